The Morgan fingerprint density at radius 3 is 1.62 bits per heavy atom. The van der Waals surface area contributed by atoms with Gasteiger partial charge in [0.15, 0.2) is 0 Å². The molecule has 0 aromatic rings. The van der Waals surface area contributed by atoms with Gasteiger partial charge in [0.1, 0.15) is 0 Å². The van der Waals surface area contributed by atoms with Gasteiger partial charge in [0, 0.05) is 22.1 Å². The Morgan fingerprint density at radius 2 is 1.50 bits per heavy atom. The highest BCUT2D eigenvalue weighted by molar-refractivity contribution is 6.92. The van der Waals surface area contributed by atoms with Gasteiger partial charge in [0.25, 0.3) is 11.8 Å². The summed E-state index contributed by atoms with van der Waals surface area (Å²) in [6.07, 6.45) is 2.39. The van der Waals surface area contributed by atoms with Gasteiger partial charge in [0.2, 0.25) is 0 Å². The fraction of sp³-hybridized carbons (Fsp3) is 0. The van der Waals surface area contributed by atoms with E-state index in [0.29, 0.717) is 0 Å². The molecular formula is C4H3NO2P. The van der Waals surface area contributed by atoms with Crippen molar-refractivity contribution in [3.8, 4) is 0 Å². The van der Waals surface area contributed by atoms with Crippen LogP contribution >= 0.6 is 9.90 Å². The summed E-state index contributed by atoms with van der Waals surface area (Å²) >= 11 is 0. The highest BCUT2D eigenvalue weighted by atomic mass is 31.0. The van der Waals surface area contributed by atoms with Crippen LogP contribution in [0.15, 0.2) is 12.2 Å². The number of rotatable bonds is 0. The van der Waals surface area contributed by atoms with Gasteiger partial charge in [-0.2, -0.15) is 0 Å². The van der Waals surface area contributed by atoms with Crippen molar-refractivity contribution in [1.29, 1.82) is 0 Å². The van der Waals surface area contributed by atoms with Crippen LogP contribution in [-0.2, 0) is 9.59 Å². The minimum Gasteiger partial charge on any atom is -0.289 e. The molecule has 0 atom stereocenters. The maximum atomic E-state index is 10.0. The van der Waals surface area contributed by atoms with Crippen LogP contribution in [0.2, 0.25) is 0 Å². The lowest BCUT2D eigenvalue weighted by Gasteiger charge is -1.80. The summed E-state index contributed by atoms with van der Waals surface area (Å²) in [6, 6.07) is 0. The Kier molecular flexibility index (Phi) is 2.35. The molecule has 3 nitrogen and oxygen atoms in total. The summed E-state index contributed by atoms with van der Waals surface area (Å²) < 4.78 is 0. The van der Waals surface area contributed by atoms with E-state index >= 15 is 0 Å². The highest BCUT2D eigenvalue weighted by Gasteiger charge is 2.06. The molecule has 0 fully saturated rings. The molecule has 1 aliphatic heterocycles. The average molecular weight is 128 g/mol. The standard InChI is InChI=1S/C4H3NO2.P/c6-3-1-2-4(7)5-3;/h1-2H,(H,5,6,7);. The van der Waals surface area contributed by atoms with Gasteiger partial charge in [-0.15, -0.1) is 0 Å². The van der Waals surface area contributed by atoms with Crippen molar-refractivity contribution in [2.75, 3.05) is 0 Å². The third kappa shape index (κ3) is 1.43. The second kappa shape index (κ2) is 2.58. The molecule has 0 unspecified atom stereocenters. The fourth-order valence-electron chi connectivity index (χ4n) is 0.356. The number of carbonyl (C=O) groups excluding carboxylic acids is 2. The van der Waals surface area contributed by atoms with E-state index in [1.165, 1.54) is 12.2 Å². The SMILES string of the molecule is O=C1C=CC(=O)N1.[P]. The summed E-state index contributed by atoms with van der Waals surface area (Å²) in [6.45, 7) is 0. The Hall–Kier alpha value is -0.690. The topological polar surface area (TPSA) is 46.2 Å². The molecule has 0 saturated carbocycles. The van der Waals surface area contributed by atoms with Crippen LogP contribution in [0.5, 0.6) is 0 Å². The van der Waals surface area contributed by atoms with Crippen molar-refractivity contribution in [3.05, 3.63) is 12.2 Å². The zero-order chi connectivity index (χ0) is 5.28. The van der Waals surface area contributed by atoms with Crippen LogP contribution in [0, 0.1) is 0 Å². The summed E-state index contributed by atoms with van der Waals surface area (Å²) in [5, 5.41) is 2.03. The number of hydrogen-bond acceptors (Lipinski definition) is 2. The third-order valence-corrected chi connectivity index (χ3v) is 0.632. The van der Waals surface area contributed by atoms with Gasteiger partial charge in [-0.05, 0) is 0 Å². The normalized spacial score (nSPS) is 15.5. The first-order chi connectivity index (χ1) is 3.29. The predicted molar refractivity (Wildman–Crippen MR) is 29.2 cm³/mol. The van der Waals surface area contributed by atoms with Gasteiger partial charge < -0.3 is 0 Å². The van der Waals surface area contributed by atoms with Crippen molar-refractivity contribution >= 4 is 21.7 Å². The van der Waals surface area contributed by atoms with Crippen molar-refractivity contribution in [2.45, 2.75) is 0 Å². The first-order valence-corrected chi connectivity index (χ1v) is 1.82. The van der Waals surface area contributed by atoms with Crippen LogP contribution in [0.4, 0.5) is 0 Å². The van der Waals surface area contributed by atoms with E-state index in [0.717, 1.165) is 0 Å². The molecule has 3 radical (unpaired) electrons. The molecule has 8 heavy (non-hydrogen) atoms. The molecule has 41 valence electrons. The average Bonchev–Trinajstić information content (AvgIpc) is 1.87. The second-order valence-corrected chi connectivity index (χ2v) is 1.19. The van der Waals surface area contributed by atoms with Gasteiger partial charge in [-0.1, -0.05) is 0 Å². The van der Waals surface area contributed by atoms with Gasteiger partial charge in [-0.25, -0.2) is 0 Å². The van der Waals surface area contributed by atoms with Crippen LogP contribution in [0.3, 0.4) is 0 Å². The van der Waals surface area contributed by atoms with Crippen LogP contribution < -0.4 is 5.32 Å². The highest BCUT2D eigenvalue weighted by Crippen LogP contribution is 1.82. The van der Waals surface area contributed by atoms with Crippen molar-refractivity contribution in [2.24, 2.45) is 0 Å². The molecule has 1 heterocycles. The Morgan fingerprint density at radius 1 is 1.12 bits per heavy atom. The lowest BCUT2D eigenvalue weighted by Crippen LogP contribution is -2.19. The van der Waals surface area contributed by atoms with E-state index < -0.39 is 0 Å². The molecule has 1 N–H and O–H groups in total. The van der Waals surface area contributed by atoms with Gasteiger partial charge in [0.05, 0.1) is 0 Å². The van der Waals surface area contributed by atoms with Gasteiger partial charge in [-0.3, -0.25) is 14.9 Å². The molecule has 0 aromatic heterocycles. The molecule has 1 aliphatic rings. The monoisotopic (exact) mass is 128 g/mol. The zero-order valence-corrected chi connectivity index (χ0v) is 4.81. The zero-order valence-electron chi connectivity index (χ0n) is 3.92. The summed E-state index contributed by atoms with van der Waals surface area (Å²) in [5.74, 6) is -0.657. The molecular weight excluding hydrogens is 125 g/mol. The second-order valence-electron chi connectivity index (χ2n) is 1.19. The maximum absolute atomic E-state index is 10.0. The predicted octanol–water partition coefficient (Wildman–Crippen LogP) is 0.0602. The molecule has 1 rings (SSSR count). The van der Waals surface area contributed by atoms with Crippen LogP contribution in [0.1, 0.15) is 0 Å². The largest absolute Gasteiger partial charge is 0.289 e. The quantitative estimate of drug-likeness (QED) is 0.370. The van der Waals surface area contributed by atoms with Crippen LogP contribution in [0.25, 0.3) is 0 Å². The van der Waals surface area contributed by atoms with E-state index in [-0.39, 0.29) is 21.7 Å². The molecule has 0 bridgehead atoms. The number of amides is 2. The fourth-order valence-corrected chi connectivity index (χ4v) is 0.356. The minimum absolute atomic E-state index is 0. The summed E-state index contributed by atoms with van der Waals surface area (Å²) in [5.41, 5.74) is 0. The molecule has 0 saturated heterocycles. The van der Waals surface area contributed by atoms with E-state index in [4.69, 9.17) is 0 Å². The first-order valence-electron chi connectivity index (χ1n) is 1.82. The van der Waals surface area contributed by atoms with E-state index in [9.17, 15) is 9.59 Å². The lowest BCUT2D eigenvalue weighted by molar-refractivity contribution is -0.123. The number of hydrogen-bond donors (Lipinski definition) is 1. The lowest BCUT2D eigenvalue weighted by atomic mass is 10.6. The molecule has 0 aliphatic carbocycles. The van der Waals surface area contributed by atoms with Crippen molar-refractivity contribution < 1.29 is 9.59 Å². The van der Waals surface area contributed by atoms with E-state index in [1.54, 1.807) is 0 Å². The number of nitrogens with one attached hydrogen (secondary N) is 1. The van der Waals surface area contributed by atoms with Crippen molar-refractivity contribution in [1.82, 2.24) is 5.32 Å². The van der Waals surface area contributed by atoms with Crippen LogP contribution in [-0.4, -0.2) is 11.8 Å². The minimum atomic E-state index is -0.329. The summed E-state index contributed by atoms with van der Waals surface area (Å²) in [7, 11) is 0. The van der Waals surface area contributed by atoms with E-state index in [2.05, 4.69) is 0 Å². The molecule has 0 spiro atoms. The Bertz CT molecular complexity index is 136. The smallest absolute Gasteiger partial charge is 0.250 e. The molecule has 2 amide bonds. The molecule has 0 aromatic carbocycles. The molecule has 4 heteroatoms. The maximum Gasteiger partial charge on any atom is 0.250 e. The van der Waals surface area contributed by atoms with Gasteiger partial charge >= 0.3 is 0 Å². The number of carbonyl (C=O) groups is 2. The summed E-state index contributed by atoms with van der Waals surface area (Å²) in [4.78, 5) is 20.1. The number of imide groups is 1. The van der Waals surface area contributed by atoms with E-state index in [1.807, 2.05) is 5.32 Å². The van der Waals surface area contributed by atoms with Crippen molar-refractivity contribution in [3.63, 3.8) is 0 Å². The first kappa shape index (κ1) is 7.31. The Labute approximate surface area is 49.8 Å². The Balaban J connectivity index is 0.000000490. The third-order valence-electron chi connectivity index (χ3n) is 0.632.